The van der Waals surface area contributed by atoms with Crippen molar-refractivity contribution in [3.05, 3.63) is 22.4 Å². The predicted octanol–water partition coefficient (Wildman–Crippen LogP) is 1.21. The fourth-order valence-corrected chi connectivity index (χ4v) is 2.86. The molecule has 7 heteroatoms. The van der Waals surface area contributed by atoms with E-state index in [4.69, 9.17) is 9.47 Å². The third-order valence-electron chi connectivity index (χ3n) is 3.42. The standard InChI is InChI=1S/C14H23BrN4O2/c1-16-14(17-7-13-10-20-4-5-21-13)19(3)9-12-6-11(15)8-18(12)2/h6,8,13H,4-5,7,9-10H2,1-3H3,(H,16,17). The van der Waals surface area contributed by atoms with Crippen LogP contribution in [-0.4, -0.2) is 62.0 Å². The number of guanidine groups is 1. The molecule has 1 aromatic rings. The summed E-state index contributed by atoms with van der Waals surface area (Å²) < 4.78 is 14.2. The van der Waals surface area contributed by atoms with Crippen molar-refractivity contribution in [3.63, 3.8) is 0 Å². The summed E-state index contributed by atoms with van der Waals surface area (Å²) in [4.78, 5) is 6.41. The minimum absolute atomic E-state index is 0.0908. The molecule has 1 N–H and O–H groups in total. The number of aryl methyl sites for hydroxylation is 1. The summed E-state index contributed by atoms with van der Waals surface area (Å²) in [6.45, 7) is 3.47. The van der Waals surface area contributed by atoms with Crippen LogP contribution in [0.1, 0.15) is 5.69 Å². The number of aliphatic imine (C=N–C) groups is 1. The fourth-order valence-electron chi connectivity index (χ4n) is 2.29. The number of nitrogens with zero attached hydrogens (tertiary/aromatic N) is 3. The van der Waals surface area contributed by atoms with Gasteiger partial charge in [0.15, 0.2) is 5.96 Å². The molecule has 1 aliphatic rings. The molecule has 1 atom stereocenters. The first-order valence-corrected chi connectivity index (χ1v) is 7.81. The number of nitrogens with one attached hydrogen (secondary N) is 1. The lowest BCUT2D eigenvalue weighted by atomic mass is 10.3. The van der Waals surface area contributed by atoms with Crippen molar-refractivity contribution in [1.29, 1.82) is 0 Å². The Bertz CT molecular complexity index is 483. The number of hydrogen-bond acceptors (Lipinski definition) is 3. The number of rotatable bonds is 4. The molecule has 2 rings (SSSR count). The minimum atomic E-state index is 0.0908. The van der Waals surface area contributed by atoms with Crippen molar-refractivity contribution in [2.24, 2.45) is 12.0 Å². The average molecular weight is 359 g/mol. The van der Waals surface area contributed by atoms with Crippen LogP contribution in [0.15, 0.2) is 21.7 Å². The van der Waals surface area contributed by atoms with Crippen LogP contribution in [0, 0.1) is 0 Å². The van der Waals surface area contributed by atoms with Gasteiger partial charge in [0.1, 0.15) is 0 Å². The van der Waals surface area contributed by atoms with Crippen molar-refractivity contribution >= 4 is 21.9 Å². The van der Waals surface area contributed by atoms with Crippen LogP contribution in [0.25, 0.3) is 0 Å². The first-order chi connectivity index (χ1) is 10.1. The van der Waals surface area contributed by atoms with E-state index in [1.807, 2.05) is 20.3 Å². The van der Waals surface area contributed by atoms with E-state index in [0.29, 0.717) is 26.4 Å². The molecule has 0 bridgehead atoms. The van der Waals surface area contributed by atoms with E-state index in [1.165, 1.54) is 5.69 Å². The van der Waals surface area contributed by atoms with Gasteiger partial charge in [-0.25, -0.2) is 0 Å². The van der Waals surface area contributed by atoms with Crippen LogP contribution in [0.5, 0.6) is 0 Å². The molecule has 6 nitrogen and oxygen atoms in total. The molecule has 1 saturated heterocycles. The Balaban J connectivity index is 1.86. The second kappa shape index (κ2) is 7.82. The Morgan fingerprint density at radius 2 is 2.38 bits per heavy atom. The van der Waals surface area contributed by atoms with Crippen LogP contribution in [0.2, 0.25) is 0 Å². The fraction of sp³-hybridized carbons (Fsp3) is 0.643. The molecular weight excluding hydrogens is 336 g/mol. The molecule has 0 aromatic carbocycles. The van der Waals surface area contributed by atoms with Gasteiger partial charge in [-0.1, -0.05) is 0 Å². The lowest BCUT2D eigenvalue weighted by molar-refractivity contribution is -0.0851. The summed E-state index contributed by atoms with van der Waals surface area (Å²) in [5.74, 6) is 0.849. The van der Waals surface area contributed by atoms with Crippen molar-refractivity contribution in [1.82, 2.24) is 14.8 Å². The lowest BCUT2D eigenvalue weighted by Crippen LogP contribution is -2.45. The zero-order valence-corrected chi connectivity index (χ0v) is 14.4. The van der Waals surface area contributed by atoms with Gasteiger partial charge < -0.3 is 24.3 Å². The van der Waals surface area contributed by atoms with Crippen LogP contribution in [0.3, 0.4) is 0 Å². The number of halogens is 1. The Labute approximate surface area is 134 Å². The van der Waals surface area contributed by atoms with Gasteiger partial charge in [-0.05, 0) is 22.0 Å². The highest BCUT2D eigenvalue weighted by Gasteiger charge is 2.16. The van der Waals surface area contributed by atoms with Gasteiger partial charge in [0.2, 0.25) is 0 Å². The third kappa shape index (κ3) is 4.72. The number of hydrogen-bond donors (Lipinski definition) is 1. The molecule has 1 fully saturated rings. The monoisotopic (exact) mass is 358 g/mol. The predicted molar refractivity (Wildman–Crippen MR) is 86.5 cm³/mol. The van der Waals surface area contributed by atoms with Crippen LogP contribution in [0.4, 0.5) is 0 Å². The Morgan fingerprint density at radius 3 is 2.95 bits per heavy atom. The normalized spacial score (nSPS) is 19.6. The van der Waals surface area contributed by atoms with E-state index < -0.39 is 0 Å². The molecule has 0 amide bonds. The maximum atomic E-state index is 5.62. The summed E-state index contributed by atoms with van der Waals surface area (Å²) in [6, 6.07) is 2.11. The summed E-state index contributed by atoms with van der Waals surface area (Å²) >= 11 is 3.49. The van der Waals surface area contributed by atoms with Gasteiger partial charge in [-0.2, -0.15) is 0 Å². The van der Waals surface area contributed by atoms with E-state index in [1.54, 1.807) is 7.05 Å². The topological polar surface area (TPSA) is 51.0 Å². The van der Waals surface area contributed by atoms with Gasteiger partial charge in [-0.3, -0.25) is 4.99 Å². The van der Waals surface area contributed by atoms with Crippen molar-refractivity contribution in [3.8, 4) is 0 Å². The molecule has 1 aliphatic heterocycles. The molecular formula is C14H23BrN4O2. The van der Waals surface area contributed by atoms with E-state index >= 15 is 0 Å². The second-order valence-electron chi connectivity index (χ2n) is 5.11. The summed E-state index contributed by atoms with van der Waals surface area (Å²) in [7, 11) is 5.85. The second-order valence-corrected chi connectivity index (χ2v) is 6.03. The molecule has 1 aromatic heterocycles. The average Bonchev–Trinajstić information content (AvgIpc) is 2.78. The minimum Gasteiger partial charge on any atom is -0.376 e. The van der Waals surface area contributed by atoms with E-state index in [2.05, 4.69) is 41.8 Å². The van der Waals surface area contributed by atoms with Crippen molar-refractivity contribution in [2.75, 3.05) is 40.5 Å². The SMILES string of the molecule is CN=C(NCC1COCCO1)N(C)Cc1cc(Br)cn1C. The highest BCUT2D eigenvalue weighted by Crippen LogP contribution is 2.14. The molecule has 2 heterocycles. The van der Waals surface area contributed by atoms with Crippen molar-refractivity contribution < 1.29 is 9.47 Å². The Kier molecular flexibility index (Phi) is 6.08. The summed E-state index contributed by atoms with van der Waals surface area (Å²) in [5, 5.41) is 3.34. The number of ether oxygens (including phenoxy) is 2. The molecule has 1 unspecified atom stereocenters. The molecule has 0 aliphatic carbocycles. The van der Waals surface area contributed by atoms with Gasteiger partial charge in [0.05, 0.1) is 32.5 Å². The van der Waals surface area contributed by atoms with Crippen LogP contribution >= 0.6 is 15.9 Å². The molecule has 0 radical (unpaired) electrons. The van der Waals surface area contributed by atoms with E-state index in [0.717, 1.165) is 17.0 Å². The summed E-state index contributed by atoms with van der Waals surface area (Å²) in [5.41, 5.74) is 1.21. The van der Waals surface area contributed by atoms with Crippen LogP contribution < -0.4 is 5.32 Å². The highest BCUT2D eigenvalue weighted by atomic mass is 79.9. The summed E-state index contributed by atoms with van der Waals surface area (Å²) in [6.07, 6.45) is 2.14. The molecule has 118 valence electrons. The largest absolute Gasteiger partial charge is 0.376 e. The quantitative estimate of drug-likeness (QED) is 0.649. The van der Waals surface area contributed by atoms with Crippen molar-refractivity contribution in [2.45, 2.75) is 12.6 Å². The molecule has 0 saturated carbocycles. The van der Waals surface area contributed by atoms with E-state index in [-0.39, 0.29) is 6.10 Å². The van der Waals surface area contributed by atoms with E-state index in [9.17, 15) is 0 Å². The maximum absolute atomic E-state index is 5.62. The Hall–Kier alpha value is -1.05. The first-order valence-electron chi connectivity index (χ1n) is 7.02. The molecule has 0 spiro atoms. The Morgan fingerprint density at radius 1 is 1.57 bits per heavy atom. The first kappa shape index (κ1) is 16.3. The molecule has 21 heavy (non-hydrogen) atoms. The van der Waals surface area contributed by atoms with Gasteiger partial charge in [0.25, 0.3) is 0 Å². The van der Waals surface area contributed by atoms with Gasteiger partial charge in [-0.15, -0.1) is 0 Å². The van der Waals surface area contributed by atoms with Gasteiger partial charge in [0, 0.05) is 44.1 Å². The zero-order valence-electron chi connectivity index (χ0n) is 12.8. The lowest BCUT2D eigenvalue weighted by Gasteiger charge is -2.27. The van der Waals surface area contributed by atoms with Gasteiger partial charge >= 0.3 is 0 Å². The van der Waals surface area contributed by atoms with Crippen LogP contribution in [-0.2, 0) is 23.1 Å². The smallest absolute Gasteiger partial charge is 0.193 e. The third-order valence-corrected chi connectivity index (χ3v) is 3.85. The number of aromatic nitrogens is 1. The maximum Gasteiger partial charge on any atom is 0.193 e. The zero-order chi connectivity index (χ0) is 15.2. The highest BCUT2D eigenvalue weighted by molar-refractivity contribution is 9.10.